The van der Waals surface area contributed by atoms with Gasteiger partial charge >= 0.3 is 5.69 Å². The van der Waals surface area contributed by atoms with E-state index in [1.807, 2.05) is 17.1 Å². The number of benzene rings is 1. The molecule has 0 spiro atoms. The first kappa shape index (κ1) is 11.8. The van der Waals surface area contributed by atoms with Gasteiger partial charge in [0.15, 0.2) is 0 Å². The van der Waals surface area contributed by atoms with Crippen molar-refractivity contribution in [2.45, 2.75) is 6.54 Å². The molecule has 0 aliphatic heterocycles. The summed E-state index contributed by atoms with van der Waals surface area (Å²) in [5, 5.41) is 0. The number of aromatic amines is 1. The van der Waals surface area contributed by atoms with Gasteiger partial charge in [0.1, 0.15) is 0 Å². The van der Waals surface area contributed by atoms with Crippen molar-refractivity contribution in [3.63, 3.8) is 0 Å². The highest BCUT2D eigenvalue weighted by atomic mass is 79.9. The Hall–Kier alpha value is -1.69. The van der Waals surface area contributed by atoms with Gasteiger partial charge in [0.05, 0.1) is 12.7 Å². The van der Waals surface area contributed by atoms with Crippen LogP contribution < -0.4 is 11.2 Å². The van der Waals surface area contributed by atoms with E-state index in [-0.39, 0.29) is 6.54 Å². The Kier molecular flexibility index (Phi) is 3.23. The van der Waals surface area contributed by atoms with Crippen LogP contribution in [0.15, 0.2) is 44.5 Å². The topological polar surface area (TPSA) is 54.9 Å². The van der Waals surface area contributed by atoms with Crippen LogP contribution >= 0.6 is 15.9 Å². The average Bonchev–Trinajstić information content (AvgIpc) is 2.29. The van der Waals surface area contributed by atoms with Crippen molar-refractivity contribution in [2.24, 2.45) is 0 Å². The largest absolute Gasteiger partial charge is 0.328 e. The fraction of sp³-hybridized carbons (Fsp3) is 0.0909. The summed E-state index contributed by atoms with van der Waals surface area (Å²) in [4.78, 5) is 24.1. The molecule has 4 nitrogen and oxygen atoms in total. The highest BCUT2D eigenvalue weighted by Crippen LogP contribution is 2.10. The van der Waals surface area contributed by atoms with E-state index in [0.717, 1.165) is 20.8 Å². The van der Waals surface area contributed by atoms with E-state index in [1.54, 1.807) is 12.1 Å². The van der Waals surface area contributed by atoms with Crippen LogP contribution in [0.2, 0.25) is 0 Å². The number of H-pyrrole nitrogens is 1. The van der Waals surface area contributed by atoms with Gasteiger partial charge in [-0.2, -0.15) is 4.39 Å². The van der Waals surface area contributed by atoms with Crippen molar-refractivity contribution >= 4 is 15.9 Å². The van der Waals surface area contributed by atoms with Crippen LogP contribution in [0.25, 0.3) is 0 Å². The van der Waals surface area contributed by atoms with Gasteiger partial charge in [-0.3, -0.25) is 14.3 Å². The zero-order valence-electron chi connectivity index (χ0n) is 8.61. The lowest BCUT2D eigenvalue weighted by Crippen LogP contribution is -2.31. The normalized spacial score (nSPS) is 10.5. The fourth-order valence-corrected chi connectivity index (χ4v) is 1.65. The molecule has 0 amide bonds. The highest BCUT2D eigenvalue weighted by Gasteiger charge is 2.04. The number of hydrogen-bond acceptors (Lipinski definition) is 2. The number of nitrogens with zero attached hydrogens (tertiary/aromatic N) is 1. The van der Waals surface area contributed by atoms with E-state index in [1.165, 1.54) is 0 Å². The second-order valence-corrected chi connectivity index (χ2v) is 4.41. The summed E-state index contributed by atoms with van der Waals surface area (Å²) < 4.78 is 15.0. The zero-order chi connectivity index (χ0) is 12.4. The second kappa shape index (κ2) is 4.67. The Bertz CT molecular complexity index is 646. The molecule has 0 aliphatic rings. The summed E-state index contributed by atoms with van der Waals surface area (Å²) in [5.41, 5.74) is -0.789. The Morgan fingerprint density at radius 1 is 1.24 bits per heavy atom. The molecule has 0 fully saturated rings. The van der Waals surface area contributed by atoms with Gasteiger partial charge in [0.2, 0.25) is 5.82 Å². The molecule has 1 aromatic heterocycles. The van der Waals surface area contributed by atoms with Crippen LogP contribution in [0, 0.1) is 5.82 Å². The van der Waals surface area contributed by atoms with E-state index in [0.29, 0.717) is 0 Å². The van der Waals surface area contributed by atoms with Crippen molar-refractivity contribution in [2.75, 3.05) is 0 Å². The maximum absolute atomic E-state index is 13.0. The molecule has 0 radical (unpaired) electrons. The summed E-state index contributed by atoms with van der Waals surface area (Å²) in [6, 6.07) is 7.25. The molecular formula is C11H8BrFN2O2. The minimum Gasteiger partial charge on any atom is -0.293 e. The third-order valence-corrected chi connectivity index (χ3v) is 2.76. The van der Waals surface area contributed by atoms with E-state index in [4.69, 9.17) is 0 Å². The molecule has 0 saturated carbocycles. The maximum atomic E-state index is 13.0. The number of aromatic nitrogens is 2. The van der Waals surface area contributed by atoms with Gasteiger partial charge in [-0.15, -0.1) is 0 Å². The lowest BCUT2D eigenvalue weighted by atomic mass is 10.2. The van der Waals surface area contributed by atoms with Crippen LogP contribution in [0.1, 0.15) is 5.56 Å². The van der Waals surface area contributed by atoms with Gasteiger partial charge in [0.25, 0.3) is 5.56 Å². The lowest BCUT2D eigenvalue weighted by Gasteiger charge is -2.05. The predicted molar refractivity (Wildman–Crippen MR) is 64.5 cm³/mol. The van der Waals surface area contributed by atoms with Crippen molar-refractivity contribution in [3.05, 3.63) is 67.2 Å². The molecule has 6 heteroatoms. The Balaban J connectivity index is 2.36. The van der Waals surface area contributed by atoms with Crippen LogP contribution in [0.5, 0.6) is 0 Å². The summed E-state index contributed by atoms with van der Waals surface area (Å²) in [6.07, 6.45) is 0.906. The average molecular weight is 299 g/mol. The van der Waals surface area contributed by atoms with Gasteiger partial charge in [-0.05, 0) is 17.7 Å². The molecule has 0 saturated heterocycles. The van der Waals surface area contributed by atoms with Gasteiger partial charge < -0.3 is 0 Å². The number of hydrogen-bond donors (Lipinski definition) is 1. The first-order chi connectivity index (χ1) is 8.06. The minimum absolute atomic E-state index is 0.208. The minimum atomic E-state index is -0.998. The van der Waals surface area contributed by atoms with Crippen LogP contribution in [0.3, 0.4) is 0 Å². The fourth-order valence-electron chi connectivity index (χ4n) is 1.39. The van der Waals surface area contributed by atoms with Crippen molar-refractivity contribution < 1.29 is 4.39 Å². The smallest absolute Gasteiger partial charge is 0.293 e. The third-order valence-electron chi connectivity index (χ3n) is 2.23. The highest BCUT2D eigenvalue weighted by molar-refractivity contribution is 9.10. The van der Waals surface area contributed by atoms with Crippen LogP contribution in [0.4, 0.5) is 4.39 Å². The quantitative estimate of drug-likeness (QED) is 0.913. The van der Waals surface area contributed by atoms with E-state index >= 15 is 0 Å². The monoisotopic (exact) mass is 298 g/mol. The summed E-state index contributed by atoms with van der Waals surface area (Å²) in [7, 11) is 0. The molecule has 0 atom stereocenters. The predicted octanol–water partition coefficient (Wildman–Crippen LogP) is 1.49. The molecule has 88 valence electrons. The summed E-state index contributed by atoms with van der Waals surface area (Å²) in [5.74, 6) is -0.971. The van der Waals surface area contributed by atoms with Crippen LogP contribution in [-0.2, 0) is 6.54 Å². The molecule has 2 rings (SSSR count). The van der Waals surface area contributed by atoms with Crippen molar-refractivity contribution in [1.82, 2.24) is 9.55 Å². The zero-order valence-corrected chi connectivity index (χ0v) is 10.2. The van der Waals surface area contributed by atoms with E-state index in [9.17, 15) is 14.0 Å². The Morgan fingerprint density at radius 3 is 2.53 bits per heavy atom. The standard InChI is InChI=1S/C11H8BrFN2O2/c12-8-3-1-7(2-4-8)5-15-6-9(13)10(16)14-11(15)17/h1-4,6H,5H2,(H,14,16,17). The first-order valence-corrected chi connectivity index (χ1v) is 5.59. The number of halogens is 2. The Morgan fingerprint density at radius 2 is 1.88 bits per heavy atom. The molecule has 1 heterocycles. The Labute approximate surface area is 104 Å². The number of nitrogens with one attached hydrogen (secondary N) is 1. The molecular weight excluding hydrogens is 291 g/mol. The summed E-state index contributed by atoms with van der Waals surface area (Å²) in [6.45, 7) is 0.208. The second-order valence-electron chi connectivity index (χ2n) is 3.49. The van der Waals surface area contributed by atoms with Gasteiger partial charge in [0, 0.05) is 4.47 Å². The third kappa shape index (κ3) is 2.71. The first-order valence-electron chi connectivity index (χ1n) is 4.80. The molecule has 0 bridgehead atoms. The van der Waals surface area contributed by atoms with Crippen molar-refractivity contribution in [3.8, 4) is 0 Å². The van der Waals surface area contributed by atoms with E-state index < -0.39 is 17.1 Å². The molecule has 0 aliphatic carbocycles. The molecule has 17 heavy (non-hydrogen) atoms. The van der Waals surface area contributed by atoms with E-state index in [2.05, 4.69) is 15.9 Å². The maximum Gasteiger partial charge on any atom is 0.328 e. The SMILES string of the molecule is O=c1[nH]c(=O)n(Cc2ccc(Br)cc2)cc1F. The molecule has 2 aromatic rings. The molecule has 1 aromatic carbocycles. The number of rotatable bonds is 2. The van der Waals surface area contributed by atoms with Crippen LogP contribution in [-0.4, -0.2) is 9.55 Å². The van der Waals surface area contributed by atoms with Gasteiger partial charge in [-0.25, -0.2) is 4.79 Å². The molecule has 0 unspecified atom stereocenters. The summed E-state index contributed by atoms with van der Waals surface area (Å²) >= 11 is 3.29. The van der Waals surface area contributed by atoms with Crippen molar-refractivity contribution in [1.29, 1.82) is 0 Å². The molecule has 1 N–H and O–H groups in total. The lowest BCUT2D eigenvalue weighted by molar-refractivity contribution is 0.566. The van der Waals surface area contributed by atoms with Gasteiger partial charge in [-0.1, -0.05) is 28.1 Å².